The highest BCUT2D eigenvalue weighted by molar-refractivity contribution is 8.18. The Hall–Kier alpha value is -3.05. The van der Waals surface area contributed by atoms with Crippen LogP contribution in [-0.2, 0) is 4.79 Å². The summed E-state index contributed by atoms with van der Waals surface area (Å²) in [7, 11) is 0. The number of nitrogens with zero attached hydrogens (tertiary/aromatic N) is 3. The second-order valence-electron chi connectivity index (χ2n) is 7.19. The van der Waals surface area contributed by atoms with Crippen LogP contribution in [0, 0.1) is 0 Å². The van der Waals surface area contributed by atoms with Crippen molar-refractivity contribution in [3.8, 4) is 0 Å². The van der Waals surface area contributed by atoms with Gasteiger partial charge < -0.3 is 9.80 Å². The molecule has 1 saturated heterocycles. The monoisotopic (exact) mass is 399 g/mol. The van der Waals surface area contributed by atoms with E-state index < -0.39 is 0 Å². The van der Waals surface area contributed by atoms with Gasteiger partial charge in [-0.2, -0.15) is 4.99 Å². The van der Waals surface area contributed by atoms with Gasteiger partial charge >= 0.3 is 0 Å². The summed E-state index contributed by atoms with van der Waals surface area (Å²) in [6.07, 6.45) is 1.93. The van der Waals surface area contributed by atoms with Crippen molar-refractivity contribution in [2.45, 2.75) is 0 Å². The fraction of sp³-hybridized carbons (Fsp3) is 0.167. The topological polar surface area (TPSA) is 35.9 Å². The minimum absolute atomic E-state index is 0.134. The number of hydrogen-bond acceptors (Lipinski definition) is 4. The molecule has 3 aromatic carbocycles. The van der Waals surface area contributed by atoms with E-state index in [1.807, 2.05) is 36.4 Å². The fourth-order valence-electron chi connectivity index (χ4n) is 3.86. The Labute approximate surface area is 174 Å². The Morgan fingerprint density at radius 1 is 0.793 bits per heavy atom. The molecule has 0 aliphatic carbocycles. The zero-order chi connectivity index (χ0) is 19.6. The van der Waals surface area contributed by atoms with Gasteiger partial charge in [0.2, 0.25) is 0 Å². The van der Waals surface area contributed by atoms with Gasteiger partial charge in [0.15, 0.2) is 5.17 Å². The van der Waals surface area contributed by atoms with Crippen molar-refractivity contribution < 1.29 is 4.79 Å². The molecule has 0 atom stereocenters. The van der Waals surface area contributed by atoms with Crippen molar-refractivity contribution in [2.24, 2.45) is 4.99 Å². The first-order valence-corrected chi connectivity index (χ1v) is 10.6. The molecule has 0 saturated carbocycles. The number of thioether (sulfide) groups is 1. The zero-order valence-corrected chi connectivity index (χ0v) is 16.8. The van der Waals surface area contributed by atoms with Gasteiger partial charge in [-0.25, -0.2) is 0 Å². The highest BCUT2D eigenvalue weighted by atomic mass is 32.2. The molecular formula is C24H21N3OS. The molecule has 0 radical (unpaired) electrons. The SMILES string of the molecule is O=C1N=C(N2CCN(c3cccc4ccccc34)CC2)SC1=Cc1ccccc1. The molecule has 1 amide bonds. The molecule has 0 spiro atoms. The van der Waals surface area contributed by atoms with Gasteiger partial charge in [0.05, 0.1) is 4.91 Å². The molecule has 3 aromatic rings. The molecule has 2 aliphatic heterocycles. The van der Waals surface area contributed by atoms with Gasteiger partial charge in [0.25, 0.3) is 5.91 Å². The van der Waals surface area contributed by atoms with Crippen LogP contribution in [0.5, 0.6) is 0 Å². The Balaban J connectivity index is 1.28. The summed E-state index contributed by atoms with van der Waals surface area (Å²) in [6.45, 7) is 3.56. The van der Waals surface area contributed by atoms with E-state index in [1.165, 1.54) is 28.2 Å². The van der Waals surface area contributed by atoms with Crippen LogP contribution in [0.2, 0.25) is 0 Å². The first kappa shape index (κ1) is 18.0. The maximum Gasteiger partial charge on any atom is 0.286 e. The maximum absolute atomic E-state index is 12.4. The highest BCUT2D eigenvalue weighted by Crippen LogP contribution is 2.32. The summed E-state index contributed by atoms with van der Waals surface area (Å²) in [5.74, 6) is -0.134. The molecule has 2 heterocycles. The Bertz CT molecular complexity index is 1110. The molecule has 0 N–H and O–H groups in total. The van der Waals surface area contributed by atoms with Crippen LogP contribution >= 0.6 is 11.8 Å². The molecular weight excluding hydrogens is 378 g/mol. The summed E-state index contributed by atoms with van der Waals surface area (Å²) >= 11 is 1.49. The van der Waals surface area contributed by atoms with Crippen LogP contribution in [0.4, 0.5) is 5.69 Å². The number of fused-ring (bicyclic) bond motifs is 1. The van der Waals surface area contributed by atoms with Gasteiger partial charge in [-0.3, -0.25) is 4.79 Å². The first-order chi connectivity index (χ1) is 14.3. The van der Waals surface area contributed by atoms with E-state index in [0.717, 1.165) is 36.9 Å². The van der Waals surface area contributed by atoms with Crippen molar-refractivity contribution >= 4 is 45.4 Å². The van der Waals surface area contributed by atoms with Crippen LogP contribution in [0.3, 0.4) is 0 Å². The lowest BCUT2D eigenvalue weighted by Crippen LogP contribution is -2.47. The quantitative estimate of drug-likeness (QED) is 0.589. The Kier molecular flexibility index (Phi) is 4.82. The number of carbonyl (C=O) groups is 1. The number of anilines is 1. The van der Waals surface area contributed by atoms with E-state index in [2.05, 4.69) is 57.3 Å². The summed E-state index contributed by atoms with van der Waals surface area (Å²) in [5.41, 5.74) is 2.31. The number of benzene rings is 3. The van der Waals surface area contributed by atoms with Crippen molar-refractivity contribution in [1.29, 1.82) is 0 Å². The molecule has 4 nitrogen and oxygen atoms in total. The second-order valence-corrected chi connectivity index (χ2v) is 8.20. The smallest absolute Gasteiger partial charge is 0.286 e. The van der Waals surface area contributed by atoms with Crippen LogP contribution in [0.25, 0.3) is 16.8 Å². The van der Waals surface area contributed by atoms with Crippen LogP contribution in [0.1, 0.15) is 5.56 Å². The summed E-state index contributed by atoms with van der Waals surface area (Å²) in [4.78, 5) is 22.0. The van der Waals surface area contributed by atoms with E-state index in [0.29, 0.717) is 4.91 Å². The minimum Gasteiger partial charge on any atom is -0.367 e. The Morgan fingerprint density at radius 2 is 1.48 bits per heavy atom. The predicted molar refractivity (Wildman–Crippen MR) is 122 cm³/mol. The van der Waals surface area contributed by atoms with E-state index in [-0.39, 0.29) is 5.91 Å². The summed E-state index contributed by atoms with van der Waals surface area (Å²) in [5, 5.41) is 3.39. The molecule has 1 fully saturated rings. The largest absolute Gasteiger partial charge is 0.367 e. The number of amidine groups is 1. The third-order valence-corrected chi connectivity index (χ3v) is 6.41. The number of piperazine rings is 1. The van der Waals surface area contributed by atoms with Crippen molar-refractivity contribution in [3.63, 3.8) is 0 Å². The van der Waals surface area contributed by atoms with Gasteiger partial charge in [-0.15, -0.1) is 0 Å². The van der Waals surface area contributed by atoms with E-state index in [9.17, 15) is 4.79 Å². The molecule has 5 heteroatoms. The standard InChI is InChI=1S/C24H21N3OS/c28-23-22(17-18-7-2-1-3-8-18)29-24(25-23)27-15-13-26(14-16-27)21-12-6-10-19-9-4-5-11-20(19)21/h1-12,17H,13-16H2. The fourth-order valence-corrected chi connectivity index (χ4v) is 4.82. The van der Waals surface area contributed by atoms with Crippen LogP contribution in [-0.4, -0.2) is 42.2 Å². The normalized spacial score (nSPS) is 18.6. The third-order valence-electron chi connectivity index (χ3n) is 5.36. The van der Waals surface area contributed by atoms with E-state index in [1.54, 1.807) is 0 Å². The molecule has 0 unspecified atom stereocenters. The van der Waals surface area contributed by atoms with E-state index in [4.69, 9.17) is 0 Å². The maximum atomic E-state index is 12.4. The van der Waals surface area contributed by atoms with Crippen molar-refractivity contribution in [2.75, 3.05) is 31.1 Å². The number of rotatable bonds is 2. The lowest BCUT2D eigenvalue weighted by atomic mass is 10.1. The van der Waals surface area contributed by atoms with Gasteiger partial charge in [-0.05, 0) is 34.9 Å². The molecule has 5 rings (SSSR count). The zero-order valence-electron chi connectivity index (χ0n) is 16.0. The number of carbonyl (C=O) groups excluding carboxylic acids is 1. The number of amides is 1. The average molecular weight is 400 g/mol. The minimum atomic E-state index is -0.134. The number of aliphatic imine (C=N–C) groups is 1. The Morgan fingerprint density at radius 3 is 2.31 bits per heavy atom. The predicted octanol–water partition coefficient (Wildman–Crippen LogP) is 4.63. The van der Waals surface area contributed by atoms with E-state index >= 15 is 0 Å². The highest BCUT2D eigenvalue weighted by Gasteiger charge is 2.28. The molecule has 0 aromatic heterocycles. The van der Waals surface area contributed by atoms with Gasteiger partial charge in [0, 0.05) is 37.3 Å². The van der Waals surface area contributed by atoms with Gasteiger partial charge in [-0.1, -0.05) is 66.7 Å². The second kappa shape index (κ2) is 7.76. The lowest BCUT2D eigenvalue weighted by Gasteiger charge is -2.37. The van der Waals surface area contributed by atoms with Gasteiger partial charge in [0.1, 0.15) is 0 Å². The molecule has 29 heavy (non-hydrogen) atoms. The summed E-state index contributed by atoms with van der Waals surface area (Å²) < 4.78 is 0. The first-order valence-electron chi connectivity index (χ1n) is 9.83. The number of hydrogen-bond donors (Lipinski definition) is 0. The molecule has 2 aliphatic rings. The molecule has 0 bridgehead atoms. The van der Waals surface area contributed by atoms with Crippen molar-refractivity contribution in [1.82, 2.24) is 4.90 Å². The molecule has 144 valence electrons. The average Bonchev–Trinajstić information content (AvgIpc) is 3.14. The summed E-state index contributed by atoms with van der Waals surface area (Å²) in [6, 6.07) is 24.9. The third kappa shape index (κ3) is 3.66. The van der Waals surface area contributed by atoms with Crippen molar-refractivity contribution in [3.05, 3.63) is 83.3 Å². The van der Waals surface area contributed by atoms with Crippen LogP contribution in [0.15, 0.2) is 82.7 Å². The lowest BCUT2D eigenvalue weighted by molar-refractivity contribution is -0.113. The van der Waals surface area contributed by atoms with Crippen LogP contribution < -0.4 is 4.90 Å².